The van der Waals surface area contributed by atoms with Gasteiger partial charge in [-0.05, 0) is 35.7 Å². The highest BCUT2D eigenvalue weighted by molar-refractivity contribution is 5.71. The van der Waals surface area contributed by atoms with Gasteiger partial charge in [0.2, 0.25) is 0 Å². The normalized spacial score (nSPS) is 13.2. The highest BCUT2D eigenvalue weighted by Crippen LogP contribution is 2.20. The first-order valence-corrected chi connectivity index (χ1v) is 6.80. The highest BCUT2D eigenvalue weighted by Gasteiger charge is 2.21. The Morgan fingerprint density at radius 2 is 1.95 bits per heavy atom. The van der Waals surface area contributed by atoms with Crippen LogP contribution in [-0.2, 0) is 13.0 Å². The molecule has 0 radical (unpaired) electrons. The van der Waals surface area contributed by atoms with E-state index in [1.54, 1.807) is 29.2 Å². The second-order valence-electron chi connectivity index (χ2n) is 4.95. The fourth-order valence-electron chi connectivity index (χ4n) is 2.45. The summed E-state index contributed by atoms with van der Waals surface area (Å²) in [6, 6.07) is 16.8. The molecule has 0 unspecified atom stereocenters. The summed E-state index contributed by atoms with van der Waals surface area (Å²) in [5.74, 6) is 0.401. The van der Waals surface area contributed by atoms with Gasteiger partial charge in [-0.1, -0.05) is 30.3 Å². The Kier molecular flexibility index (Phi) is 3.57. The van der Waals surface area contributed by atoms with Crippen LogP contribution in [0.2, 0.25) is 0 Å². The third kappa shape index (κ3) is 2.87. The van der Waals surface area contributed by atoms with Crippen molar-refractivity contribution in [2.75, 3.05) is 6.54 Å². The van der Waals surface area contributed by atoms with Gasteiger partial charge in [-0.3, -0.25) is 0 Å². The van der Waals surface area contributed by atoms with Crippen molar-refractivity contribution in [1.29, 1.82) is 5.26 Å². The van der Waals surface area contributed by atoms with Gasteiger partial charge in [-0.2, -0.15) is 5.26 Å². The molecule has 1 heterocycles. The Morgan fingerprint density at radius 3 is 2.76 bits per heavy atom. The van der Waals surface area contributed by atoms with Crippen LogP contribution in [0.5, 0.6) is 5.75 Å². The summed E-state index contributed by atoms with van der Waals surface area (Å²) in [7, 11) is 0. The van der Waals surface area contributed by atoms with Crippen LogP contribution < -0.4 is 4.74 Å². The van der Waals surface area contributed by atoms with Crippen molar-refractivity contribution in [2.45, 2.75) is 13.0 Å². The van der Waals surface area contributed by atoms with E-state index in [2.05, 4.69) is 6.07 Å². The number of amides is 1. The van der Waals surface area contributed by atoms with Crippen LogP contribution in [0.15, 0.2) is 48.5 Å². The quantitative estimate of drug-likeness (QED) is 0.805. The predicted molar refractivity (Wildman–Crippen MR) is 77.7 cm³/mol. The molecule has 1 aliphatic heterocycles. The number of benzene rings is 2. The second kappa shape index (κ2) is 5.68. The van der Waals surface area contributed by atoms with E-state index in [0.29, 0.717) is 24.4 Å². The zero-order valence-corrected chi connectivity index (χ0v) is 11.5. The van der Waals surface area contributed by atoms with Crippen molar-refractivity contribution < 1.29 is 9.53 Å². The molecular weight excluding hydrogens is 264 g/mol. The van der Waals surface area contributed by atoms with Gasteiger partial charge in [0, 0.05) is 13.1 Å². The Balaban J connectivity index is 1.71. The number of carbonyl (C=O) groups is 1. The first-order valence-electron chi connectivity index (χ1n) is 6.80. The molecule has 0 atom stereocenters. The summed E-state index contributed by atoms with van der Waals surface area (Å²) in [5.41, 5.74) is 2.92. The van der Waals surface area contributed by atoms with E-state index < -0.39 is 0 Å². The van der Waals surface area contributed by atoms with Crippen LogP contribution in [0.1, 0.15) is 16.7 Å². The van der Waals surface area contributed by atoms with Crippen LogP contribution in [0.25, 0.3) is 0 Å². The highest BCUT2D eigenvalue weighted by atomic mass is 16.6. The van der Waals surface area contributed by atoms with Gasteiger partial charge in [0.15, 0.2) is 0 Å². The van der Waals surface area contributed by atoms with Gasteiger partial charge < -0.3 is 9.64 Å². The average Bonchev–Trinajstić information content (AvgIpc) is 2.54. The zero-order chi connectivity index (χ0) is 14.7. The first kappa shape index (κ1) is 13.2. The minimum Gasteiger partial charge on any atom is -0.410 e. The van der Waals surface area contributed by atoms with E-state index in [0.717, 1.165) is 12.0 Å². The van der Waals surface area contributed by atoms with Gasteiger partial charge in [-0.15, -0.1) is 0 Å². The summed E-state index contributed by atoms with van der Waals surface area (Å²) in [6.07, 6.45) is 0.461. The number of rotatable bonds is 1. The number of carbonyl (C=O) groups excluding carboxylic acids is 1. The molecule has 0 aromatic heterocycles. The smallest absolute Gasteiger partial charge is 0.410 e. The van der Waals surface area contributed by atoms with E-state index in [9.17, 15) is 4.79 Å². The number of ether oxygens (including phenoxy) is 1. The summed E-state index contributed by atoms with van der Waals surface area (Å²) >= 11 is 0. The van der Waals surface area contributed by atoms with Crippen LogP contribution in [0.3, 0.4) is 0 Å². The third-order valence-corrected chi connectivity index (χ3v) is 3.56. The molecular formula is C17H14N2O2. The molecule has 0 N–H and O–H groups in total. The van der Waals surface area contributed by atoms with Crippen LogP contribution in [-0.4, -0.2) is 17.5 Å². The lowest BCUT2D eigenvalue weighted by Gasteiger charge is -2.27. The Labute approximate surface area is 123 Å². The van der Waals surface area contributed by atoms with Gasteiger partial charge in [0.05, 0.1) is 11.6 Å². The number of fused-ring (bicyclic) bond motifs is 1. The van der Waals surface area contributed by atoms with E-state index in [4.69, 9.17) is 10.00 Å². The Hall–Kier alpha value is -2.80. The maximum atomic E-state index is 12.2. The molecule has 3 rings (SSSR count). The SMILES string of the molecule is N#Cc1cccc(OC(=O)N2CCc3ccccc3C2)c1. The van der Waals surface area contributed by atoms with E-state index in [1.165, 1.54) is 5.56 Å². The lowest BCUT2D eigenvalue weighted by Crippen LogP contribution is -2.37. The molecule has 4 heteroatoms. The molecule has 0 saturated heterocycles. The molecule has 0 aliphatic carbocycles. The third-order valence-electron chi connectivity index (χ3n) is 3.56. The summed E-state index contributed by atoms with van der Waals surface area (Å²) in [6.45, 7) is 1.21. The predicted octanol–water partition coefficient (Wildman–Crippen LogP) is 3.12. The summed E-state index contributed by atoms with van der Waals surface area (Å²) in [4.78, 5) is 13.9. The van der Waals surface area contributed by atoms with Crippen LogP contribution in [0.4, 0.5) is 4.79 Å². The van der Waals surface area contributed by atoms with Gasteiger partial charge in [0.25, 0.3) is 0 Å². The molecule has 0 saturated carbocycles. The maximum absolute atomic E-state index is 12.2. The Bertz CT molecular complexity index is 719. The molecule has 2 aromatic rings. The zero-order valence-electron chi connectivity index (χ0n) is 11.5. The molecule has 1 amide bonds. The van der Waals surface area contributed by atoms with Crippen molar-refractivity contribution in [3.63, 3.8) is 0 Å². The fourth-order valence-corrected chi connectivity index (χ4v) is 2.45. The fraction of sp³-hybridized carbons (Fsp3) is 0.176. The second-order valence-corrected chi connectivity index (χ2v) is 4.95. The van der Waals surface area contributed by atoms with Crippen molar-refractivity contribution >= 4 is 6.09 Å². The first-order chi connectivity index (χ1) is 10.3. The van der Waals surface area contributed by atoms with Crippen molar-refractivity contribution in [3.8, 4) is 11.8 Å². The summed E-state index contributed by atoms with van der Waals surface area (Å²) in [5, 5.41) is 8.85. The number of hydrogen-bond acceptors (Lipinski definition) is 3. The van der Waals surface area contributed by atoms with Crippen molar-refractivity contribution in [1.82, 2.24) is 4.90 Å². The molecule has 2 aromatic carbocycles. The van der Waals surface area contributed by atoms with Crippen molar-refractivity contribution in [3.05, 3.63) is 65.2 Å². The van der Waals surface area contributed by atoms with Crippen molar-refractivity contribution in [2.24, 2.45) is 0 Å². The molecule has 21 heavy (non-hydrogen) atoms. The standard InChI is InChI=1S/C17H14N2O2/c18-11-13-4-3-7-16(10-13)21-17(20)19-9-8-14-5-1-2-6-15(14)12-19/h1-7,10H,8-9,12H2. The number of hydrogen-bond donors (Lipinski definition) is 0. The molecule has 1 aliphatic rings. The van der Waals surface area contributed by atoms with E-state index in [1.807, 2.05) is 24.3 Å². The Morgan fingerprint density at radius 1 is 1.14 bits per heavy atom. The largest absolute Gasteiger partial charge is 0.415 e. The van der Waals surface area contributed by atoms with Gasteiger partial charge in [0.1, 0.15) is 5.75 Å². The summed E-state index contributed by atoms with van der Waals surface area (Å²) < 4.78 is 5.35. The monoisotopic (exact) mass is 278 g/mol. The topological polar surface area (TPSA) is 53.3 Å². The molecule has 0 spiro atoms. The van der Waals surface area contributed by atoms with E-state index in [-0.39, 0.29) is 6.09 Å². The van der Waals surface area contributed by atoms with Gasteiger partial charge in [-0.25, -0.2) is 4.79 Å². The lowest BCUT2D eigenvalue weighted by atomic mass is 10.0. The molecule has 4 nitrogen and oxygen atoms in total. The molecule has 104 valence electrons. The minimum atomic E-state index is -0.375. The van der Waals surface area contributed by atoms with Crippen LogP contribution >= 0.6 is 0 Å². The van der Waals surface area contributed by atoms with Gasteiger partial charge >= 0.3 is 6.09 Å². The van der Waals surface area contributed by atoms with E-state index >= 15 is 0 Å². The molecule has 0 bridgehead atoms. The maximum Gasteiger partial charge on any atom is 0.415 e. The minimum absolute atomic E-state index is 0.375. The molecule has 0 fully saturated rings. The average molecular weight is 278 g/mol. The number of nitrogens with zero attached hydrogens (tertiary/aromatic N) is 2. The lowest BCUT2D eigenvalue weighted by molar-refractivity contribution is 0.147. The van der Waals surface area contributed by atoms with Crippen LogP contribution in [0, 0.1) is 11.3 Å². The number of nitriles is 1.